The summed E-state index contributed by atoms with van der Waals surface area (Å²) >= 11 is 0. The first-order valence-corrected chi connectivity index (χ1v) is 48.5. The molecule has 4 rings (SSSR count). The van der Waals surface area contributed by atoms with Gasteiger partial charge in [0.2, 0.25) is 35.4 Å². The number of esters is 2. The van der Waals surface area contributed by atoms with Gasteiger partial charge in [0.15, 0.2) is 5.78 Å². The van der Waals surface area contributed by atoms with Crippen LogP contribution in [0.3, 0.4) is 0 Å². The lowest BCUT2D eigenvalue weighted by Crippen LogP contribution is -2.56. The van der Waals surface area contributed by atoms with Crippen molar-refractivity contribution in [2.75, 3.05) is 151 Å². The molecule has 0 saturated carbocycles. The molecule has 2 aromatic rings. The van der Waals surface area contributed by atoms with Crippen molar-refractivity contribution in [2.45, 2.75) is 306 Å². The summed E-state index contributed by atoms with van der Waals surface area (Å²) in [4.78, 5) is 172. The molecule has 0 radical (unpaired) electrons. The van der Waals surface area contributed by atoms with Gasteiger partial charge in [-0.25, -0.2) is 19.2 Å². The summed E-state index contributed by atoms with van der Waals surface area (Å²) in [6.07, 6.45) is 1.56. The van der Waals surface area contributed by atoms with E-state index in [-0.39, 0.29) is 121 Å². The molecule has 0 unspecified atom stereocenters. The Labute approximate surface area is 814 Å². The second-order valence-corrected chi connectivity index (χ2v) is 40.8. The SMILES string of the molecule is CC(C)[C@@H](C(=O)O)N(C)CCOCCN(C)C(=O)OC(C)(C)C.CC[C@H](C)[C@@H]([C@@H](CC(=O)N1CCC[C@H]1[C@H](OC)[C@@H](C)C(=O)N[C@@H](Cc1ccccc1)C(=O)OC)OC)N(C)C(=O)[C@@H](CC(=O)[C@@H](N(C)CCOCCN(C)C(=O)OC(C)(C)C)C(C)(C)C)C(C)C.CC[C@H](C)[C@@H]([C@@H](CC(=O)N1CCC[C@H]1[C@H](OC)[C@@H](C)C(=O)N[C@@H](Cc1ccccc1)C(=O)OC)OC)N(C)C(=O)[C@@H](N)C(C)C. The lowest BCUT2D eigenvalue weighted by molar-refractivity contribution is -0.150. The number of Topliss-reactive ketones (excluding diaryl/α,β-unsaturated/α-hetero) is 1. The Morgan fingerprint density at radius 2 is 0.838 bits per heavy atom. The Morgan fingerprint density at radius 3 is 1.15 bits per heavy atom. The van der Waals surface area contributed by atoms with Crippen LogP contribution in [0, 0.1) is 52.8 Å². The number of methoxy groups -OCH3 is 6. The number of benzene rings is 2. The summed E-state index contributed by atoms with van der Waals surface area (Å²) in [6.45, 7) is 44.3. The van der Waals surface area contributed by atoms with Crippen molar-refractivity contribution >= 4 is 71.3 Å². The van der Waals surface area contributed by atoms with Crippen LogP contribution in [-0.2, 0) is 108 Å². The number of carbonyl (C=O) groups excluding carboxylic acids is 11. The number of rotatable bonds is 53. The summed E-state index contributed by atoms with van der Waals surface area (Å²) in [5.41, 5.74) is 6.41. The van der Waals surface area contributed by atoms with Crippen molar-refractivity contribution in [1.29, 1.82) is 0 Å². The van der Waals surface area contributed by atoms with Crippen LogP contribution in [0.1, 0.15) is 214 Å². The molecule has 8 amide bonds. The zero-order valence-corrected chi connectivity index (χ0v) is 88.8. The molecule has 0 bridgehead atoms. The molecule has 18 atom stereocenters. The largest absolute Gasteiger partial charge is 0.480 e. The average Bonchev–Trinajstić information content (AvgIpc) is 1.25. The lowest BCUT2D eigenvalue weighted by Gasteiger charge is -2.41. The Balaban J connectivity index is 0.000000783. The third-order valence-corrected chi connectivity index (χ3v) is 25.9. The maximum Gasteiger partial charge on any atom is 0.410 e. The van der Waals surface area contributed by atoms with Crippen LogP contribution in [-0.4, -0.2) is 356 Å². The van der Waals surface area contributed by atoms with Gasteiger partial charge >= 0.3 is 30.1 Å². The number of nitrogens with two attached hydrogens (primary N) is 1. The van der Waals surface area contributed by atoms with E-state index in [1.54, 1.807) is 87.8 Å². The molecular weight excluding hydrogens is 1750 g/mol. The van der Waals surface area contributed by atoms with Gasteiger partial charge in [-0.1, -0.05) is 177 Å². The predicted molar refractivity (Wildman–Crippen MR) is 525 cm³/mol. The summed E-state index contributed by atoms with van der Waals surface area (Å²) in [5, 5.41) is 14.9. The third-order valence-electron chi connectivity index (χ3n) is 25.9. The van der Waals surface area contributed by atoms with Crippen LogP contribution in [0.4, 0.5) is 9.59 Å². The second kappa shape index (κ2) is 60.5. The molecule has 136 heavy (non-hydrogen) atoms. The molecule has 2 saturated heterocycles. The molecular formula is C102H177N11O23. The molecule has 0 aromatic heterocycles. The lowest BCUT2D eigenvalue weighted by atomic mass is 9.78. The Morgan fingerprint density at radius 1 is 0.478 bits per heavy atom. The fraction of sp³-hybridized carbons (Fsp3) is 0.765. The molecule has 34 nitrogen and oxygen atoms in total. The zero-order chi connectivity index (χ0) is 104. The molecule has 2 aromatic carbocycles. The highest BCUT2D eigenvalue weighted by Gasteiger charge is 2.47. The summed E-state index contributed by atoms with van der Waals surface area (Å²) < 4.78 is 55.9. The standard InChI is InChI=1S/C52H89N5O11.C34H56N4O7.C16H32N2O5/c1-18-35(4)44(56(14)48(61)38(34(2)3)32-41(58)46(51(6,7)8)54(12)27-29-67-30-28-55(13)50(63)68-52(9,10)11)42(64-15)33-43(59)57-26-22-25-40(57)45(65-16)36(5)47(60)53-39(49(62)66-17)31-37-23-20-19-21-24-37;1-10-22(4)30(37(6)33(41)29(35)21(2)3)27(43-7)20-28(39)38-18-14-17-26(38)31(44-8)23(5)32(40)36-25(34(42)45-9)19-24-15-12-11-13-16-24;1-12(2)13(14(19)20)17(6)8-10-22-11-9-18(7)15(21)23-16(3,4)5/h19-21,23-24,34-36,38-40,42,44-46H,18,22,25-33H2,1-17H3,(H,53,60);11-13,15-16,21-23,25-27,29-31H,10,14,17-20,35H2,1-9H3,(H,36,40);12-13H,8-11H2,1-7H3,(H,19,20)/t35-,36+,38-,39-,40-,42+,44-,45+,46+;22-,23+,25-,26-,27+,29-,30-,31+;13-/m000/s1. The summed E-state index contributed by atoms with van der Waals surface area (Å²) in [6, 6.07) is 13.7. The Bertz CT molecular complexity index is 3940. The number of carbonyl (C=O) groups is 12. The smallest absolute Gasteiger partial charge is 0.410 e. The molecule has 2 heterocycles. The monoisotopic (exact) mass is 1920 g/mol. The number of nitrogens with one attached hydrogen (secondary N) is 2. The van der Waals surface area contributed by atoms with Gasteiger partial charge in [0.1, 0.15) is 29.3 Å². The highest BCUT2D eigenvalue weighted by Crippen LogP contribution is 2.35. The highest BCUT2D eigenvalue weighted by atomic mass is 16.6. The van der Waals surface area contributed by atoms with Crippen LogP contribution in [0.2, 0.25) is 0 Å². The molecule has 0 spiro atoms. The van der Waals surface area contributed by atoms with Gasteiger partial charge in [-0.15, -0.1) is 0 Å². The van der Waals surface area contributed by atoms with Crippen LogP contribution in [0.15, 0.2) is 60.7 Å². The number of nitrogens with zero attached hydrogens (tertiary/aromatic N) is 8. The molecule has 2 aliphatic rings. The summed E-state index contributed by atoms with van der Waals surface area (Å²) in [5.74, 6) is -5.58. The van der Waals surface area contributed by atoms with Crippen molar-refractivity contribution in [2.24, 2.45) is 58.5 Å². The predicted octanol–water partition coefficient (Wildman–Crippen LogP) is 11.0. The number of likely N-dealkylation sites (N-methyl/N-ethyl adjacent to an activating group) is 6. The maximum atomic E-state index is 14.7. The second-order valence-electron chi connectivity index (χ2n) is 40.8. The fourth-order valence-corrected chi connectivity index (χ4v) is 17.8. The summed E-state index contributed by atoms with van der Waals surface area (Å²) in [7, 11) is 19.2. The van der Waals surface area contributed by atoms with E-state index < -0.39 is 125 Å². The van der Waals surface area contributed by atoms with E-state index in [0.717, 1.165) is 24.0 Å². The van der Waals surface area contributed by atoms with Gasteiger partial charge in [0.25, 0.3) is 0 Å². The van der Waals surface area contributed by atoms with Crippen molar-refractivity contribution in [3.8, 4) is 0 Å². The van der Waals surface area contributed by atoms with Crippen LogP contribution in [0.5, 0.6) is 0 Å². The van der Waals surface area contributed by atoms with Gasteiger partial charge in [0, 0.05) is 121 Å². The number of carboxylic acids is 1. The van der Waals surface area contributed by atoms with Gasteiger partial charge < -0.3 is 98.2 Å². The minimum atomic E-state index is -0.908. The van der Waals surface area contributed by atoms with E-state index in [4.69, 9.17) is 53.1 Å². The Hall–Kier alpha value is -8.48. The molecule has 0 aliphatic carbocycles. The zero-order valence-electron chi connectivity index (χ0n) is 88.8. The van der Waals surface area contributed by atoms with E-state index in [0.29, 0.717) is 91.4 Å². The number of amides is 8. The number of carboxylic acid groups (broad SMARTS) is 1. The van der Waals surface area contributed by atoms with E-state index in [1.165, 1.54) is 38.2 Å². The topological polar surface area (TPSA) is 393 Å². The minimum Gasteiger partial charge on any atom is -0.480 e. The number of aliphatic carboxylic acids is 1. The number of hydrogen-bond acceptors (Lipinski definition) is 25. The molecule has 778 valence electrons. The van der Waals surface area contributed by atoms with Gasteiger partial charge in [-0.3, -0.25) is 48.2 Å². The van der Waals surface area contributed by atoms with E-state index >= 15 is 0 Å². The molecule has 5 N–H and O–H groups in total. The quantitative estimate of drug-likeness (QED) is 0.0271. The van der Waals surface area contributed by atoms with Crippen molar-refractivity contribution in [3.63, 3.8) is 0 Å². The maximum absolute atomic E-state index is 14.7. The average molecular weight is 1930 g/mol. The van der Waals surface area contributed by atoms with Crippen LogP contribution < -0.4 is 16.4 Å². The van der Waals surface area contributed by atoms with Crippen molar-refractivity contribution in [3.05, 3.63) is 71.8 Å². The third kappa shape index (κ3) is 40.4. The molecule has 2 fully saturated rings. The fourth-order valence-electron chi connectivity index (χ4n) is 17.8. The van der Waals surface area contributed by atoms with Gasteiger partial charge in [-0.05, 0) is 127 Å². The van der Waals surface area contributed by atoms with Gasteiger partial charge in [-0.2, -0.15) is 0 Å². The number of ketones is 1. The van der Waals surface area contributed by atoms with E-state index in [2.05, 4.69) is 10.6 Å². The van der Waals surface area contributed by atoms with Crippen molar-refractivity contribution < 1.29 is 110 Å². The minimum absolute atomic E-state index is 0.0142. The molecule has 34 heteroatoms. The first kappa shape index (κ1) is 124. The van der Waals surface area contributed by atoms with Gasteiger partial charge in [0.05, 0.1) is 126 Å². The number of hydrogen-bond donors (Lipinski definition) is 4. The molecule has 2 aliphatic heterocycles. The first-order chi connectivity index (χ1) is 63.5. The van der Waals surface area contributed by atoms with Crippen LogP contribution >= 0.6 is 0 Å². The van der Waals surface area contributed by atoms with E-state index in [9.17, 15) is 62.6 Å². The Kier molecular flexibility index (Phi) is 55.0. The van der Waals surface area contributed by atoms with Crippen molar-refractivity contribution in [1.82, 2.24) is 49.8 Å². The van der Waals surface area contributed by atoms with Crippen LogP contribution in [0.25, 0.3) is 0 Å². The normalized spacial score (nSPS) is 17.7. The number of likely N-dealkylation sites (tertiary alicyclic amines) is 2. The number of ether oxygens (including phenoxy) is 10. The highest BCUT2D eigenvalue weighted by molar-refractivity contribution is 5.91. The first-order valence-electron chi connectivity index (χ1n) is 48.5. The van der Waals surface area contributed by atoms with E-state index in [1.807, 2.05) is 204 Å².